The number of piperidine rings is 1. The number of allylic oxidation sites excluding steroid dienone is 1. The number of fused-ring (bicyclic) bond motifs is 1. The van der Waals surface area contributed by atoms with E-state index in [1.807, 2.05) is 0 Å². The quantitative estimate of drug-likeness (QED) is 0.880. The summed E-state index contributed by atoms with van der Waals surface area (Å²) in [6.07, 6.45) is 1.14. The molecule has 2 aliphatic heterocycles. The minimum Gasteiger partial charge on any atom is -0.489 e. The Balaban J connectivity index is 1.53. The Morgan fingerprint density at radius 2 is 2.00 bits per heavy atom. The van der Waals surface area contributed by atoms with E-state index in [-0.39, 0.29) is 25.0 Å². The number of nitrogens with one attached hydrogen (secondary N) is 1. The van der Waals surface area contributed by atoms with E-state index < -0.39 is 17.7 Å². The fourth-order valence-electron chi connectivity index (χ4n) is 3.56. The molecule has 2 aromatic rings. The lowest BCUT2D eigenvalue weighted by atomic mass is 10.0. The predicted octanol–water partition coefficient (Wildman–Crippen LogP) is 3.29. The van der Waals surface area contributed by atoms with Crippen LogP contribution in [-0.2, 0) is 17.9 Å². The largest absolute Gasteiger partial charge is 0.489 e. The standard InChI is InChI=1S/C21H18F2N2O3/c1-12-5-8-18(20(26)24-12)25-10-15-14(21(25)27)3-2-4-19(15)28-11-13-6-7-16(22)17(23)9-13/h2-4,6-7,9,18H,1,5,8,10-11H2,(H,24,26). The third-order valence-electron chi connectivity index (χ3n) is 5.03. The molecule has 0 aromatic heterocycles. The Labute approximate surface area is 160 Å². The van der Waals surface area contributed by atoms with E-state index >= 15 is 0 Å². The van der Waals surface area contributed by atoms with Gasteiger partial charge in [0.1, 0.15) is 18.4 Å². The molecule has 1 fully saturated rings. The van der Waals surface area contributed by atoms with Crippen molar-refractivity contribution in [2.24, 2.45) is 0 Å². The number of halogens is 2. The SMILES string of the molecule is C=C1CCC(N2Cc3c(OCc4ccc(F)c(F)c4)cccc3C2=O)C(=O)N1. The van der Waals surface area contributed by atoms with Crippen molar-refractivity contribution in [3.05, 3.63) is 77.0 Å². The van der Waals surface area contributed by atoms with Gasteiger partial charge in [-0.15, -0.1) is 0 Å². The molecule has 2 heterocycles. The molecule has 1 atom stereocenters. The molecule has 1 saturated heterocycles. The molecule has 0 saturated carbocycles. The Morgan fingerprint density at radius 3 is 2.75 bits per heavy atom. The highest BCUT2D eigenvalue weighted by molar-refractivity contribution is 6.02. The van der Waals surface area contributed by atoms with E-state index in [2.05, 4.69) is 11.9 Å². The summed E-state index contributed by atoms with van der Waals surface area (Å²) in [5.41, 5.74) is 2.30. The van der Waals surface area contributed by atoms with E-state index in [1.165, 1.54) is 11.0 Å². The van der Waals surface area contributed by atoms with Gasteiger partial charge in [-0.05, 0) is 42.7 Å². The molecule has 2 aliphatic rings. The number of amides is 2. The van der Waals surface area contributed by atoms with Crippen molar-refractivity contribution in [3.8, 4) is 5.75 Å². The van der Waals surface area contributed by atoms with Crippen molar-refractivity contribution in [1.82, 2.24) is 10.2 Å². The average molecular weight is 384 g/mol. The van der Waals surface area contributed by atoms with Gasteiger partial charge in [-0.25, -0.2) is 8.78 Å². The zero-order valence-corrected chi connectivity index (χ0v) is 15.0. The minimum atomic E-state index is -0.939. The van der Waals surface area contributed by atoms with E-state index in [9.17, 15) is 18.4 Å². The number of hydrogen-bond acceptors (Lipinski definition) is 3. The van der Waals surface area contributed by atoms with Gasteiger partial charge in [0, 0.05) is 16.8 Å². The molecule has 28 heavy (non-hydrogen) atoms. The van der Waals surface area contributed by atoms with E-state index in [0.717, 1.165) is 12.1 Å². The van der Waals surface area contributed by atoms with Crippen LogP contribution in [0.3, 0.4) is 0 Å². The summed E-state index contributed by atoms with van der Waals surface area (Å²) < 4.78 is 32.2. The predicted molar refractivity (Wildman–Crippen MR) is 97.3 cm³/mol. The number of hydrogen-bond donors (Lipinski definition) is 1. The average Bonchev–Trinajstić information content (AvgIpc) is 3.00. The van der Waals surface area contributed by atoms with Crippen molar-refractivity contribution in [3.63, 3.8) is 0 Å². The molecule has 1 unspecified atom stereocenters. The van der Waals surface area contributed by atoms with Crippen molar-refractivity contribution in [2.45, 2.75) is 32.0 Å². The normalized spacial score (nSPS) is 18.9. The number of nitrogens with zero attached hydrogens (tertiary/aromatic N) is 1. The lowest BCUT2D eigenvalue weighted by Gasteiger charge is -2.31. The molecule has 144 valence electrons. The van der Waals surface area contributed by atoms with Crippen LogP contribution in [-0.4, -0.2) is 22.8 Å². The van der Waals surface area contributed by atoms with Gasteiger partial charge in [-0.1, -0.05) is 18.7 Å². The van der Waals surface area contributed by atoms with Gasteiger partial charge >= 0.3 is 0 Å². The first kappa shape index (κ1) is 18.2. The maximum absolute atomic E-state index is 13.4. The summed E-state index contributed by atoms with van der Waals surface area (Å²) >= 11 is 0. The maximum atomic E-state index is 13.4. The molecule has 0 bridgehead atoms. The number of rotatable bonds is 4. The van der Waals surface area contributed by atoms with Crippen LogP contribution < -0.4 is 10.1 Å². The van der Waals surface area contributed by atoms with Gasteiger partial charge < -0.3 is 15.0 Å². The first-order valence-electron chi connectivity index (χ1n) is 8.92. The summed E-state index contributed by atoms with van der Waals surface area (Å²) in [4.78, 5) is 26.6. The molecule has 5 nitrogen and oxygen atoms in total. The maximum Gasteiger partial charge on any atom is 0.255 e. The highest BCUT2D eigenvalue weighted by atomic mass is 19.2. The van der Waals surface area contributed by atoms with Crippen molar-refractivity contribution < 1.29 is 23.1 Å². The van der Waals surface area contributed by atoms with Crippen LogP contribution in [0.15, 0.2) is 48.7 Å². The first-order valence-corrected chi connectivity index (χ1v) is 8.92. The molecular weight excluding hydrogens is 366 g/mol. The van der Waals surface area contributed by atoms with E-state index in [1.54, 1.807) is 18.2 Å². The van der Waals surface area contributed by atoms with Crippen LogP contribution in [0.1, 0.15) is 34.3 Å². The van der Waals surface area contributed by atoms with Crippen LogP contribution in [0.4, 0.5) is 8.78 Å². The highest BCUT2D eigenvalue weighted by Crippen LogP contribution is 2.34. The molecule has 0 radical (unpaired) electrons. The molecule has 2 aromatic carbocycles. The van der Waals surface area contributed by atoms with Gasteiger partial charge in [0.2, 0.25) is 5.91 Å². The third-order valence-corrected chi connectivity index (χ3v) is 5.03. The topological polar surface area (TPSA) is 58.6 Å². The molecule has 4 rings (SSSR count). The fourth-order valence-corrected chi connectivity index (χ4v) is 3.56. The van der Waals surface area contributed by atoms with Gasteiger partial charge in [0.05, 0.1) is 6.54 Å². The van der Waals surface area contributed by atoms with Crippen molar-refractivity contribution >= 4 is 11.8 Å². The molecular formula is C21H18F2N2O3. The van der Waals surface area contributed by atoms with Crippen LogP contribution in [0.2, 0.25) is 0 Å². The van der Waals surface area contributed by atoms with Crippen molar-refractivity contribution in [1.29, 1.82) is 0 Å². The monoisotopic (exact) mass is 384 g/mol. The van der Waals surface area contributed by atoms with Gasteiger partial charge in [-0.3, -0.25) is 9.59 Å². The second-order valence-electron chi connectivity index (χ2n) is 6.90. The Morgan fingerprint density at radius 1 is 1.18 bits per heavy atom. The van der Waals surface area contributed by atoms with Crippen LogP contribution in [0.25, 0.3) is 0 Å². The number of ether oxygens (including phenoxy) is 1. The second kappa shape index (κ2) is 7.07. The molecule has 1 N–H and O–H groups in total. The zero-order chi connectivity index (χ0) is 19.8. The van der Waals surface area contributed by atoms with E-state index in [4.69, 9.17) is 4.74 Å². The summed E-state index contributed by atoms with van der Waals surface area (Å²) in [6, 6.07) is 8.13. The van der Waals surface area contributed by atoms with Crippen LogP contribution in [0, 0.1) is 11.6 Å². The molecule has 2 amide bonds. The van der Waals surface area contributed by atoms with Gasteiger partial charge in [0.15, 0.2) is 11.6 Å². The second-order valence-corrected chi connectivity index (χ2v) is 6.90. The smallest absolute Gasteiger partial charge is 0.255 e. The summed E-state index contributed by atoms with van der Waals surface area (Å²) in [6.45, 7) is 4.05. The van der Waals surface area contributed by atoms with Crippen LogP contribution in [0.5, 0.6) is 5.75 Å². The highest BCUT2D eigenvalue weighted by Gasteiger charge is 2.39. The van der Waals surface area contributed by atoms with Gasteiger partial charge in [0.25, 0.3) is 5.91 Å². The summed E-state index contributed by atoms with van der Waals surface area (Å²) in [5, 5.41) is 2.70. The summed E-state index contributed by atoms with van der Waals surface area (Å²) in [5.74, 6) is -1.83. The number of benzene rings is 2. The Kier molecular flexibility index (Phi) is 4.58. The minimum absolute atomic E-state index is 0.0333. The fraction of sp³-hybridized carbons (Fsp3) is 0.238. The third kappa shape index (κ3) is 3.24. The Hall–Kier alpha value is -3.22. The molecule has 0 aliphatic carbocycles. The summed E-state index contributed by atoms with van der Waals surface area (Å²) in [7, 11) is 0. The number of carbonyl (C=O) groups excluding carboxylic acids is 2. The Bertz CT molecular complexity index is 990. The van der Waals surface area contributed by atoms with Crippen LogP contribution >= 0.6 is 0 Å². The lowest BCUT2D eigenvalue weighted by molar-refractivity contribution is -0.126. The molecule has 0 spiro atoms. The first-order chi connectivity index (χ1) is 13.4. The molecule has 7 heteroatoms. The van der Waals surface area contributed by atoms with Crippen molar-refractivity contribution in [2.75, 3.05) is 0 Å². The zero-order valence-electron chi connectivity index (χ0n) is 15.0. The van der Waals surface area contributed by atoms with Gasteiger partial charge in [-0.2, -0.15) is 0 Å². The van der Waals surface area contributed by atoms with E-state index in [0.29, 0.717) is 41.0 Å². The number of carbonyl (C=O) groups is 2. The lowest BCUT2D eigenvalue weighted by Crippen LogP contribution is -2.49.